The van der Waals surface area contributed by atoms with Gasteiger partial charge in [-0.2, -0.15) is 8.78 Å². The van der Waals surface area contributed by atoms with Gasteiger partial charge in [-0.15, -0.1) is 0 Å². The predicted octanol–water partition coefficient (Wildman–Crippen LogP) is 7.01. The van der Waals surface area contributed by atoms with Crippen LogP contribution < -0.4 is 4.74 Å². The van der Waals surface area contributed by atoms with Gasteiger partial charge in [0.1, 0.15) is 23.0 Å². The number of rotatable bonds is 8. The van der Waals surface area contributed by atoms with Crippen LogP contribution in [-0.2, 0) is 20.3 Å². The number of alkyl halides is 2. The highest BCUT2D eigenvalue weighted by atomic mass is 19.3. The van der Waals surface area contributed by atoms with Crippen molar-refractivity contribution in [2.24, 2.45) is 5.92 Å². The average Bonchev–Trinajstić information content (AvgIpc) is 2.86. The zero-order chi connectivity index (χ0) is 27.6. The van der Waals surface area contributed by atoms with Gasteiger partial charge in [-0.05, 0) is 42.8 Å². The van der Waals surface area contributed by atoms with Crippen LogP contribution in [0, 0.1) is 40.8 Å². The summed E-state index contributed by atoms with van der Waals surface area (Å²) in [4.78, 5) is 0. The summed E-state index contributed by atoms with van der Waals surface area (Å²) >= 11 is 0. The highest BCUT2D eigenvalue weighted by molar-refractivity contribution is 5.65. The zero-order valence-corrected chi connectivity index (χ0v) is 19.7. The number of ether oxygens (including phenoxy) is 4. The summed E-state index contributed by atoms with van der Waals surface area (Å²) in [6.07, 6.45) is -6.00. The standard InChI is InChI=1S/C26H20F8O4/c1-2-35-10-13-11-36-25(37-12-13)15-6-21(31)24(22(32)7-15)26(33,34)38-23-9-18(28)16(8-20(23)30)14-3-4-17(27)19(29)5-14/h3-9,13,25H,2,10-12H2,1H3. The van der Waals surface area contributed by atoms with Crippen molar-refractivity contribution in [3.63, 3.8) is 0 Å². The second kappa shape index (κ2) is 11.3. The Morgan fingerprint density at radius 2 is 1.45 bits per heavy atom. The molecule has 0 spiro atoms. The molecular formula is C26H20F8O4. The van der Waals surface area contributed by atoms with Crippen LogP contribution in [0.5, 0.6) is 5.75 Å². The maximum absolute atomic E-state index is 14.8. The molecule has 4 rings (SSSR count). The molecule has 1 saturated heterocycles. The Labute approximate surface area is 211 Å². The second-order valence-electron chi connectivity index (χ2n) is 8.39. The molecular weight excluding hydrogens is 528 g/mol. The highest BCUT2D eigenvalue weighted by Crippen LogP contribution is 2.39. The number of benzene rings is 3. The van der Waals surface area contributed by atoms with Gasteiger partial charge in [0.25, 0.3) is 0 Å². The lowest BCUT2D eigenvalue weighted by molar-refractivity contribution is -0.212. The SMILES string of the molecule is CCOCC1COC(c2cc(F)c(C(F)(F)Oc3cc(F)c(-c4ccc(F)c(F)c4)cc3F)c(F)c2)OC1. The fraction of sp³-hybridized carbons (Fsp3) is 0.308. The topological polar surface area (TPSA) is 36.9 Å². The Morgan fingerprint density at radius 3 is 2.05 bits per heavy atom. The van der Waals surface area contributed by atoms with Gasteiger partial charge in [0.2, 0.25) is 0 Å². The number of hydrogen-bond donors (Lipinski definition) is 0. The van der Waals surface area contributed by atoms with Gasteiger partial charge in [0.05, 0.1) is 19.8 Å². The maximum atomic E-state index is 14.8. The van der Waals surface area contributed by atoms with Crippen molar-refractivity contribution >= 4 is 0 Å². The van der Waals surface area contributed by atoms with Crippen LogP contribution in [0.15, 0.2) is 42.5 Å². The molecule has 0 bridgehead atoms. The molecule has 0 unspecified atom stereocenters. The summed E-state index contributed by atoms with van der Waals surface area (Å²) in [6, 6.07) is 3.91. The van der Waals surface area contributed by atoms with E-state index in [9.17, 15) is 35.1 Å². The molecule has 3 aromatic rings. The van der Waals surface area contributed by atoms with E-state index in [-0.39, 0.29) is 36.3 Å². The van der Waals surface area contributed by atoms with Crippen molar-refractivity contribution in [3.05, 3.63) is 88.5 Å². The van der Waals surface area contributed by atoms with Crippen LogP contribution in [0.2, 0.25) is 0 Å². The molecule has 0 atom stereocenters. The van der Waals surface area contributed by atoms with Crippen molar-refractivity contribution in [2.45, 2.75) is 19.3 Å². The van der Waals surface area contributed by atoms with Gasteiger partial charge in [0, 0.05) is 29.7 Å². The Bertz CT molecular complexity index is 1290. The van der Waals surface area contributed by atoms with E-state index in [1.165, 1.54) is 0 Å². The van der Waals surface area contributed by atoms with Gasteiger partial charge in [-0.3, -0.25) is 0 Å². The highest BCUT2D eigenvalue weighted by Gasteiger charge is 2.42. The van der Waals surface area contributed by atoms with E-state index in [0.717, 1.165) is 6.07 Å². The molecule has 1 fully saturated rings. The Hall–Kier alpha value is -3.22. The first-order chi connectivity index (χ1) is 18.0. The molecule has 38 heavy (non-hydrogen) atoms. The normalized spacial score (nSPS) is 18.0. The van der Waals surface area contributed by atoms with Crippen LogP contribution in [-0.4, -0.2) is 26.4 Å². The summed E-state index contributed by atoms with van der Waals surface area (Å²) in [5, 5.41) is 0. The molecule has 0 N–H and O–H groups in total. The average molecular weight is 548 g/mol. The third kappa shape index (κ3) is 5.92. The van der Waals surface area contributed by atoms with Gasteiger partial charge >= 0.3 is 6.11 Å². The van der Waals surface area contributed by atoms with Crippen LogP contribution in [0.1, 0.15) is 24.3 Å². The molecule has 0 saturated carbocycles. The Morgan fingerprint density at radius 1 is 0.789 bits per heavy atom. The van der Waals surface area contributed by atoms with Gasteiger partial charge in [0.15, 0.2) is 29.5 Å². The first kappa shape index (κ1) is 27.8. The smallest absolute Gasteiger partial charge is 0.425 e. The van der Waals surface area contributed by atoms with E-state index in [4.69, 9.17) is 14.2 Å². The van der Waals surface area contributed by atoms with Crippen molar-refractivity contribution in [3.8, 4) is 16.9 Å². The first-order valence-electron chi connectivity index (χ1n) is 11.3. The number of halogens is 8. The molecule has 0 amide bonds. The minimum Gasteiger partial charge on any atom is -0.425 e. The largest absolute Gasteiger partial charge is 0.432 e. The zero-order valence-electron chi connectivity index (χ0n) is 19.7. The van der Waals surface area contributed by atoms with E-state index in [2.05, 4.69) is 4.74 Å². The minimum atomic E-state index is -4.78. The van der Waals surface area contributed by atoms with E-state index in [1.807, 2.05) is 0 Å². The molecule has 204 valence electrons. The van der Waals surface area contributed by atoms with E-state index in [0.29, 0.717) is 43.5 Å². The van der Waals surface area contributed by atoms with E-state index < -0.39 is 64.2 Å². The Balaban J connectivity index is 1.55. The van der Waals surface area contributed by atoms with E-state index in [1.54, 1.807) is 6.92 Å². The van der Waals surface area contributed by atoms with Crippen LogP contribution >= 0.6 is 0 Å². The Kier molecular flexibility index (Phi) is 8.24. The van der Waals surface area contributed by atoms with Gasteiger partial charge in [-0.25, -0.2) is 26.3 Å². The fourth-order valence-corrected chi connectivity index (χ4v) is 3.80. The molecule has 0 aromatic heterocycles. The maximum Gasteiger partial charge on any atom is 0.432 e. The first-order valence-corrected chi connectivity index (χ1v) is 11.3. The van der Waals surface area contributed by atoms with Crippen LogP contribution in [0.3, 0.4) is 0 Å². The molecule has 12 heteroatoms. The van der Waals surface area contributed by atoms with Crippen LogP contribution in [0.25, 0.3) is 11.1 Å². The minimum absolute atomic E-state index is 0.123. The lowest BCUT2D eigenvalue weighted by atomic mass is 10.0. The van der Waals surface area contributed by atoms with Crippen molar-refractivity contribution in [2.75, 3.05) is 26.4 Å². The summed E-state index contributed by atoms with van der Waals surface area (Å²) < 4.78 is 135. The van der Waals surface area contributed by atoms with Crippen molar-refractivity contribution in [1.82, 2.24) is 0 Å². The quantitative estimate of drug-likeness (QED) is 0.284. The van der Waals surface area contributed by atoms with E-state index >= 15 is 0 Å². The van der Waals surface area contributed by atoms with Crippen molar-refractivity contribution in [1.29, 1.82) is 0 Å². The molecule has 0 radical (unpaired) electrons. The molecule has 0 aliphatic carbocycles. The molecule has 1 aliphatic heterocycles. The van der Waals surface area contributed by atoms with Crippen LogP contribution in [0.4, 0.5) is 35.1 Å². The second-order valence-corrected chi connectivity index (χ2v) is 8.39. The predicted molar refractivity (Wildman–Crippen MR) is 117 cm³/mol. The fourth-order valence-electron chi connectivity index (χ4n) is 3.80. The molecule has 3 aromatic carbocycles. The third-order valence-electron chi connectivity index (χ3n) is 5.64. The van der Waals surface area contributed by atoms with Crippen molar-refractivity contribution < 1.29 is 54.1 Å². The summed E-state index contributed by atoms with van der Waals surface area (Å²) in [5.41, 5.74) is -2.95. The lowest BCUT2D eigenvalue weighted by Gasteiger charge is -2.30. The number of hydrogen-bond acceptors (Lipinski definition) is 4. The monoisotopic (exact) mass is 548 g/mol. The summed E-state index contributed by atoms with van der Waals surface area (Å²) in [5.74, 6) is -10.5. The molecule has 1 heterocycles. The summed E-state index contributed by atoms with van der Waals surface area (Å²) in [7, 11) is 0. The molecule has 4 nitrogen and oxygen atoms in total. The summed E-state index contributed by atoms with van der Waals surface area (Å²) in [6.45, 7) is 2.90. The lowest BCUT2D eigenvalue weighted by Crippen LogP contribution is -2.31. The molecule has 1 aliphatic rings. The van der Waals surface area contributed by atoms with Gasteiger partial charge in [-0.1, -0.05) is 6.07 Å². The third-order valence-corrected chi connectivity index (χ3v) is 5.64. The van der Waals surface area contributed by atoms with Gasteiger partial charge < -0.3 is 18.9 Å².